The summed E-state index contributed by atoms with van der Waals surface area (Å²) in [5.41, 5.74) is 5.55. The van der Waals surface area contributed by atoms with Crippen molar-refractivity contribution in [2.24, 2.45) is 0 Å². The summed E-state index contributed by atoms with van der Waals surface area (Å²) in [6.45, 7) is 25.7. The fourth-order valence-corrected chi connectivity index (χ4v) is 5.60. The van der Waals surface area contributed by atoms with Crippen LogP contribution in [0, 0.1) is 0 Å². The summed E-state index contributed by atoms with van der Waals surface area (Å²) in [6.07, 6.45) is 0. The summed E-state index contributed by atoms with van der Waals surface area (Å²) in [7, 11) is 0. The Balaban J connectivity index is 1.47. The van der Waals surface area contributed by atoms with Gasteiger partial charge in [-0.1, -0.05) is 132 Å². The van der Waals surface area contributed by atoms with Crippen LogP contribution in [0.5, 0.6) is 11.5 Å². The molecule has 256 valence electrons. The largest absolute Gasteiger partial charge is 0.483 e. The van der Waals surface area contributed by atoms with Crippen molar-refractivity contribution in [3.8, 4) is 11.5 Å². The van der Waals surface area contributed by atoms with Crippen LogP contribution in [-0.2, 0) is 31.2 Å². The number of amides is 2. The second kappa shape index (κ2) is 13.7. The SMILES string of the molecule is CC(C)(C)c1ccc(OCC(=O)Nc2cccc3c(NC(=O)COc4ccc(C(C)(C)C)cc4C(C)(C)C)cccc23)c(C(C)(C)C)c1. The van der Waals surface area contributed by atoms with Gasteiger partial charge in [0.15, 0.2) is 13.2 Å². The van der Waals surface area contributed by atoms with Crippen molar-refractivity contribution in [1.29, 1.82) is 0 Å². The number of hydrogen-bond donors (Lipinski definition) is 2. The molecule has 0 bridgehead atoms. The number of carbonyl (C=O) groups excluding carboxylic acids is 2. The van der Waals surface area contributed by atoms with E-state index in [1.807, 2.05) is 48.5 Å². The Labute approximate surface area is 287 Å². The summed E-state index contributed by atoms with van der Waals surface area (Å²) in [6, 6.07) is 23.7. The first kappa shape index (κ1) is 36.5. The number of carbonyl (C=O) groups is 2. The van der Waals surface area contributed by atoms with Crippen LogP contribution in [0.1, 0.15) is 105 Å². The minimum Gasteiger partial charge on any atom is -0.483 e. The van der Waals surface area contributed by atoms with Gasteiger partial charge in [-0.2, -0.15) is 0 Å². The van der Waals surface area contributed by atoms with Crippen molar-refractivity contribution in [3.63, 3.8) is 0 Å². The molecule has 0 unspecified atom stereocenters. The summed E-state index contributed by atoms with van der Waals surface area (Å²) in [4.78, 5) is 26.3. The molecular formula is C42H54N2O4. The maximum Gasteiger partial charge on any atom is 0.262 e. The maximum atomic E-state index is 13.2. The molecule has 4 rings (SSSR count). The molecule has 2 amide bonds. The predicted octanol–water partition coefficient (Wildman–Crippen LogP) is 10.1. The van der Waals surface area contributed by atoms with Gasteiger partial charge >= 0.3 is 0 Å². The van der Waals surface area contributed by atoms with E-state index in [1.165, 1.54) is 11.1 Å². The zero-order chi connectivity index (χ0) is 35.7. The summed E-state index contributed by atoms with van der Waals surface area (Å²) < 4.78 is 12.2. The van der Waals surface area contributed by atoms with Crippen molar-refractivity contribution in [2.45, 2.75) is 105 Å². The molecule has 0 heterocycles. The van der Waals surface area contributed by atoms with Gasteiger partial charge in [0.05, 0.1) is 0 Å². The maximum absolute atomic E-state index is 13.2. The number of benzene rings is 4. The Bertz CT molecular complexity index is 1660. The van der Waals surface area contributed by atoms with E-state index < -0.39 is 0 Å². The minimum atomic E-state index is -0.266. The number of hydrogen-bond acceptors (Lipinski definition) is 4. The van der Waals surface area contributed by atoms with Gasteiger partial charge in [0.25, 0.3) is 11.8 Å². The average Bonchev–Trinajstić information content (AvgIpc) is 2.97. The molecule has 48 heavy (non-hydrogen) atoms. The van der Waals surface area contributed by atoms with Gasteiger partial charge in [0.2, 0.25) is 0 Å². The highest BCUT2D eigenvalue weighted by atomic mass is 16.5. The molecular weight excluding hydrogens is 596 g/mol. The van der Waals surface area contributed by atoms with Gasteiger partial charge in [0.1, 0.15) is 11.5 Å². The zero-order valence-electron chi connectivity index (χ0n) is 31.0. The van der Waals surface area contributed by atoms with Crippen LogP contribution < -0.4 is 20.1 Å². The number of rotatable bonds is 8. The highest BCUT2D eigenvalue weighted by Crippen LogP contribution is 2.37. The minimum absolute atomic E-state index is 0.00374. The van der Waals surface area contributed by atoms with E-state index in [-0.39, 0.29) is 46.7 Å². The first-order valence-electron chi connectivity index (χ1n) is 16.8. The summed E-state index contributed by atoms with van der Waals surface area (Å²) in [5, 5.41) is 7.64. The van der Waals surface area contributed by atoms with Crippen LogP contribution in [-0.4, -0.2) is 25.0 Å². The Morgan fingerprint density at radius 3 is 1.17 bits per heavy atom. The van der Waals surface area contributed by atoms with Crippen LogP contribution in [0.3, 0.4) is 0 Å². The molecule has 2 N–H and O–H groups in total. The van der Waals surface area contributed by atoms with Gasteiger partial charge in [0, 0.05) is 22.1 Å². The standard InChI is InChI=1S/C42H54N2O4/c1-39(2,3)27-19-21-35(31(23-27)41(7,8)9)47-25-37(45)43-33-17-13-16-30-29(33)15-14-18-34(30)44-38(46)26-48-36-22-20-28(40(4,5)6)24-32(36)42(10,11)12/h13-24H,25-26H2,1-12H3,(H,43,45)(H,44,46). The molecule has 4 aromatic rings. The topological polar surface area (TPSA) is 76.7 Å². The molecule has 6 nitrogen and oxygen atoms in total. The molecule has 6 heteroatoms. The molecule has 0 aliphatic heterocycles. The van der Waals surface area contributed by atoms with Crippen molar-refractivity contribution >= 4 is 34.0 Å². The molecule has 0 atom stereocenters. The fraction of sp³-hybridized carbons (Fsp3) is 0.429. The van der Waals surface area contributed by atoms with E-state index in [0.717, 1.165) is 21.9 Å². The monoisotopic (exact) mass is 650 g/mol. The first-order chi connectivity index (χ1) is 22.1. The lowest BCUT2D eigenvalue weighted by molar-refractivity contribution is -0.118. The first-order valence-corrected chi connectivity index (χ1v) is 16.8. The lowest BCUT2D eigenvalue weighted by Gasteiger charge is -2.27. The Kier molecular flexibility index (Phi) is 10.4. The molecule has 0 saturated carbocycles. The van der Waals surface area contributed by atoms with Gasteiger partial charge in [-0.15, -0.1) is 0 Å². The predicted molar refractivity (Wildman–Crippen MR) is 200 cm³/mol. The third-order valence-corrected chi connectivity index (χ3v) is 8.49. The number of ether oxygens (including phenoxy) is 2. The third-order valence-electron chi connectivity index (χ3n) is 8.49. The van der Waals surface area contributed by atoms with Gasteiger partial charge in [-0.3, -0.25) is 9.59 Å². The van der Waals surface area contributed by atoms with Gasteiger partial charge in [-0.05, 0) is 68.2 Å². The van der Waals surface area contributed by atoms with Crippen molar-refractivity contribution < 1.29 is 19.1 Å². The molecule has 0 spiro atoms. The van der Waals surface area contributed by atoms with E-state index >= 15 is 0 Å². The fourth-order valence-electron chi connectivity index (χ4n) is 5.60. The number of nitrogens with one attached hydrogen (secondary N) is 2. The summed E-state index contributed by atoms with van der Waals surface area (Å²) >= 11 is 0. The van der Waals surface area contributed by atoms with Crippen LogP contribution in [0.4, 0.5) is 11.4 Å². The van der Waals surface area contributed by atoms with Crippen LogP contribution >= 0.6 is 0 Å². The van der Waals surface area contributed by atoms with Gasteiger partial charge in [-0.25, -0.2) is 0 Å². The molecule has 0 saturated heterocycles. The molecule has 0 aromatic heterocycles. The van der Waals surface area contributed by atoms with Crippen molar-refractivity contribution in [2.75, 3.05) is 23.8 Å². The molecule has 0 radical (unpaired) electrons. The van der Waals surface area contributed by atoms with Gasteiger partial charge < -0.3 is 20.1 Å². The van der Waals surface area contributed by atoms with E-state index in [0.29, 0.717) is 22.9 Å². The summed E-state index contributed by atoms with van der Waals surface area (Å²) in [5.74, 6) is 0.876. The second-order valence-electron chi connectivity index (χ2n) is 16.8. The highest BCUT2D eigenvalue weighted by Gasteiger charge is 2.25. The average molecular weight is 651 g/mol. The van der Waals surface area contributed by atoms with Crippen LogP contribution in [0.25, 0.3) is 10.8 Å². The molecule has 0 aliphatic rings. The molecule has 4 aromatic carbocycles. The van der Waals surface area contributed by atoms with Crippen LogP contribution in [0.15, 0.2) is 72.8 Å². The Morgan fingerprint density at radius 1 is 0.500 bits per heavy atom. The highest BCUT2D eigenvalue weighted by molar-refractivity contribution is 6.09. The quantitative estimate of drug-likeness (QED) is 0.199. The van der Waals surface area contributed by atoms with E-state index in [2.05, 4.69) is 118 Å². The lowest BCUT2D eigenvalue weighted by Crippen LogP contribution is -2.23. The van der Waals surface area contributed by atoms with Crippen molar-refractivity contribution in [3.05, 3.63) is 95.1 Å². The number of fused-ring (bicyclic) bond motifs is 1. The zero-order valence-corrected chi connectivity index (χ0v) is 31.0. The van der Waals surface area contributed by atoms with Crippen LogP contribution in [0.2, 0.25) is 0 Å². The Hall–Kier alpha value is -4.32. The molecule has 0 aliphatic carbocycles. The third kappa shape index (κ3) is 8.97. The van der Waals surface area contributed by atoms with E-state index in [1.54, 1.807) is 0 Å². The van der Waals surface area contributed by atoms with Crippen molar-refractivity contribution in [1.82, 2.24) is 0 Å². The lowest BCUT2D eigenvalue weighted by atomic mass is 9.80. The second-order valence-corrected chi connectivity index (χ2v) is 16.8. The normalized spacial score (nSPS) is 12.5. The van der Waals surface area contributed by atoms with E-state index in [9.17, 15) is 9.59 Å². The number of anilines is 2. The Morgan fingerprint density at radius 2 is 0.854 bits per heavy atom. The molecule has 0 fully saturated rings. The van der Waals surface area contributed by atoms with E-state index in [4.69, 9.17) is 9.47 Å². The smallest absolute Gasteiger partial charge is 0.262 e.